The highest BCUT2D eigenvalue weighted by Gasteiger charge is 2.50. The molecular formula is C30H27ClF3N5O5. The Bertz CT molecular complexity index is 1830. The molecule has 44 heavy (non-hydrogen) atoms. The minimum absolute atomic E-state index is 0.0736. The minimum atomic E-state index is -2.88. The zero-order chi connectivity index (χ0) is 31.6. The maximum Gasteiger partial charge on any atom is 0.333 e. The molecule has 2 amide bonds. The SMILES string of the molecule is COc1cc(C(=O)NCC(O)(c2cc3c(c(-c4ccc(F)c(Cl)c4)n2)OC[C@]3(C)C(N)=O)C2CC2)cc2cn(C(F)F)nc12. The van der Waals surface area contributed by atoms with E-state index in [1.165, 1.54) is 37.4 Å². The Morgan fingerprint density at radius 1 is 1.30 bits per heavy atom. The number of nitrogens with zero attached hydrogens (tertiary/aromatic N) is 3. The zero-order valence-electron chi connectivity index (χ0n) is 23.5. The first-order chi connectivity index (χ1) is 20.9. The normalized spacial score (nSPS) is 19.0. The molecule has 6 rings (SSSR count). The molecule has 230 valence electrons. The van der Waals surface area contributed by atoms with Gasteiger partial charge < -0.3 is 25.6 Å². The Hall–Kier alpha value is -4.36. The summed E-state index contributed by atoms with van der Waals surface area (Å²) >= 11 is 6.06. The summed E-state index contributed by atoms with van der Waals surface area (Å²) in [5.41, 5.74) is 4.22. The number of hydrogen-bond acceptors (Lipinski definition) is 7. The van der Waals surface area contributed by atoms with Crippen LogP contribution in [0.4, 0.5) is 13.2 Å². The highest BCUT2D eigenvalue weighted by Crippen LogP contribution is 2.50. The minimum Gasteiger partial charge on any atom is -0.494 e. The second-order valence-electron chi connectivity index (χ2n) is 11.2. The van der Waals surface area contributed by atoms with Gasteiger partial charge >= 0.3 is 6.55 Å². The van der Waals surface area contributed by atoms with E-state index in [-0.39, 0.29) is 63.4 Å². The van der Waals surface area contributed by atoms with Crippen molar-refractivity contribution < 1.29 is 37.3 Å². The number of primary amides is 1. The fourth-order valence-electron chi connectivity index (χ4n) is 5.48. The lowest BCUT2D eigenvalue weighted by molar-refractivity contribution is -0.123. The number of benzene rings is 2. The summed E-state index contributed by atoms with van der Waals surface area (Å²) in [6, 6.07) is 8.31. The molecule has 4 N–H and O–H groups in total. The predicted octanol–water partition coefficient (Wildman–Crippen LogP) is 4.46. The molecule has 4 aromatic rings. The fourth-order valence-corrected chi connectivity index (χ4v) is 5.66. The van der Waals surface area contributed by atoms with Gasteiger partial charge in [-0.2, -0.15) is 13.9 Å². The molecule has 0 bridgehead atoms. The van der Waals surface area contributed by atoms with Crippen molar-refractivity contribution in [2.24, 2.45) is 11.7 Å². The van der Waals surface area contributed by atoms with Gasteiger partial charge in [-0.05, 0) is 62.1 Å². The third-order valence-corrected chi connectivity index (χ3v) is 8.59. The molecule has 1 unspecified atom stereocenters. The van der Waals surface area contributed by atoms with Crippen LogP contribution in [0.1, 0.15) is 47.9 Å². The van der Waals surface area contributed by atoms with Crippen molar-refractivity contribution >= 4 is 34.3 Å². The number of ether oxygens (including phenoxy) is 2. The number of aliphatic hydroxyl groups is 1. The van der Waals surface area contributed by atoms with Crippen LogP contribution < -0.4 is 20.5 Å². The summed E-state index contributed by atoms with van der Waals surface area (Å²) in [6.07, 6.45) is 2.38. The second-order valence-corrected chi connectivity index (χ2v) is 11.6. The average Bonchev–Trinajstić information content (AvgIpc) is 3.68. The van der Waals surface area contributed by atoms with Gasteiger partial charge in [-0.3, -0.25) is 9.59 Å². The molecule has 0 radical (unpaired) electrons. The number of hydrogen-bond donors (Lipinski definition) is 3. The molecule has 3 heterocycles. The van der Waals surface area contributed by atoms with E-state index in [9.17, 15) is 27.9 Å². The van der Waals surface area contributed by atoms with Crippen molar-refractivity contribution in [3.8, 4) is 22.8 Å². The van der Waals surface area contributed by atoms with Crippen molar-refractivity contribution in [1.82, 2.24) is 20.1 Å². The number of nitrogens with one attached hydrogen (secondary N) is 1. The molecule has 14 heteroatoms. The first kappa shape index (κ1) is 29.7. The summed E-state index contributed by atoms with van der Waals surface area (Å²) in [7, 11) is 1.33. The molecule has 1 fully saturated rings. The van der Waals surface area contributed by atoms with E-state index >= 15 is 0 Å². The van der Waals surface area contributed by atoms with Gasteiger partial charge in [-0.1, -0.05) is 11.6 Å². The van der Waals surface area contributed by atoms with E-state index in [0.29, 0.717) is 28.7 Å². The van der Waals surface area contributed by atoms with Crippen molar-refractivity contribution in [2.75, 3.05) is 20.3 Å². The number of amides is 2. The maximum atomic E-state index is 14.0. The smallest absolute Gasteiger partial charge is 0.333 e. The van der Waals surface area contributed by atoms with Gasteiger partial charge in [0.25, 0.3) is 5.91 Å². The number of methoxy groups -OCH3 is 1. The number of carbonyl (C=O) groups excluding carboxylic acids is 2. The summed E-state index contributed by atoms with van der Waals surface area (Å²) in [6.45, 7) is -1.62. The third kappa shape index (κ3) is 4.89. The van der Waals surface area contributed by atoms with Crippen LogP contribution in [-0.2, 0) is 15.8 Å². The molecule has 2 atom stereocenters. The van der Waals surface area contributed by atoms with Crippen LogP contribution in [-0.4, -0.2) is 51.9 Å². The summed E-state index contributed by atoms with van der Waals surface area (Å²) in [5, 5.41) is 18.8. The van der Waals surface area contributed by atoms with Gasteiger partial charge in [-0.25, -0.2) is 14.1 Å². The Kier molecular flexibility index (Phi) is 7.20. The molecule has 0 spiro atoms. The summed E-state index contributed by atoms with van der Waals surface area (Å²) in [4.78, 5) is 30.6. The van der Waals surface area contributed by atoms with E-state index in [1.807, 2.05) is 0 Å². The van der Waals surface area contributed by atoms with E-state index < -0.39 is 35.2 Å². The Labute approximate surface area is 253 Å². The van der Waals surface area contributed by atoms with Gasteiger partial charge in [-0.15, -0.1) is 0 Å². The third-order valence-electron chi connectivity index (χ3n) is 8.30. The Morgan fingerprint density at radius 3 is 2.68 bits per heavy atom. The lowest BCUT2D eigenvalue weighted by Crippen LogP contribution is -2.44. The highest BCUT2D eigenvalue weighted by atomic mass is 35.5. The standard InChI is InChI=1S/C30H27ClF3N5O5/c1-29(27(35)41)13-44-25-18(29)10-22(37-24(25)14-3-6-20(32)19(31)8-14)30(42,17-4-5-17)12-36-26(40)15-7-16-11-39(28(33)34)38-23(16)21(9-15)43-2/h3,6-11,17,28,42H,4-5,12-13H2,1-2H3,(H2,35,41)(H,36,40)/t29-,30?/m0/s1. The van der Waals surface area contributed by atoms with Gasteiger partial charge in [0.15, 0.2) is 0 Å². The Balaban J connectivity index is 1.39. The molecule has 1 aliphatic heterocycles. The van der Waals surface area contributed by atoms with Crippen LogP contribution in [0.5, 0.6) is 11.5 Å². The predicted molar refractivity (Wildman–Crippen MR) is 153 cm³/mol. The van der Waals surface area contributed by atoms with Crippen LogP contribution in [0.3, 0.4) is 0 Å². The first-order valence-corrected chi connectivity index (χ1v) is 14.0. The van der Waals surface area contributed by atoms with Crippen molar-refractivity contribution in [3.63, 3.8) is 0 Å². The van der Waals surface area contributed by atoms with Crippen LogP contribution >= 0.6 is 11.6 Å². The first-order valence-electron chi connectivity index (χ1n) is 13.7. The van der Waals surface area contributed by atoms with Crippen molar-refractivity contribution in [2.45, 2.75) is 37.3 Å². The van der Waals surface area contributed by atoms with Crippen molar-refractivity contribution in [1.29, 1.82) is 0 Å². The summed E-state index contributed by atoms with van der Waals surface area (Å²) < 4.78 is 52.1. The second kappa shape index (κ2) is 10.7. The quantitative estimate of drug-likeness (QED) is 0.248. The van der Waals surface area contributed by atoms with Gasteiger partial charge in [0.1, 0.15) is 46.1 Å². The topological polar surface area (TPSA) is 142 Å². The maximum absolute atomic E-state index is 14.0. The van der Waals surface area contributed by atoms with Crippen LogP contribution in [0.25, 0.3) is 22.2 Å². The zero-order valence-corrected chi connectivity index (χ0v) is 24.3. The molecule has 2 aliphatic rings. The monoisotopic (exact) mass is 629 g/mol. The number of aromatic nitrogens is 3. The van der Waals surface area contributed by atoms with E-state index in [0.717, 1.165) is 6.20 Å². The molecule has 2 aromatic heterocycles. The van der Waals surface area contributed by atoms with Crippen molar-refractivity contribution in [3.05, 3.63) is 70.3 Å². The highest BCUT2D eigenvalue weighted by molar-refractivity contribution is 6.31. The number of nitrogens with two attached hydrogens (primary N) is 1. The largest absolute Gasteiger partial charge is 0.494 e. The van der Waals surface area contributed by atoms with Gasteiger partial charge in [0.05, 0.1) is 24.4 Å². The number of pyridine rings is 1. The van der Waals surface area contributed by atoms with Crippen LogP contribution in [0.2, 0.25) is 5.02 Å². The number of alkyl halides is 2. The lowest BCUT2D eigenvalue weighted by atomic mass is 9.81. The van der Waals surface area contributed by atoms with Crippen LogP contribution in [0, 0.1) is 11.7 Å². The molecule has 1 aliphatic carbocycles. The fraction of sp³-hybridized carbons (Fsp3) is 0.333. The molecule has 0 saturated heterocycles. The average molecular weight is 630 g/mol. The van der Waals surface area contributed by atoms with Gasteiger partial charge in [0, 0.05) is 28.3 Å². The summed E-state index contributed by atoms with van der Waals surface area (Å²) in [5.74, 6) is -1.81. The number of halogens is 4. The molecule has 1 saturated carbocycles. The molecular weight excluding hydrogens is 603 g/mol. The van der Waals surface area contributed by atoms with E-state index in [4.69, 9.17) is 31.8 Å². The number of fused-ring (bicyclic) bond motifs is 2. The lowest BCUT2D eigenvalue weighted by Gasteiger charge is -2.30. The van der Waals surface area contributed by atoms with E-state index in [2.05, 4.69) is 10.4 Å². The van der Waals surface area contributed by atoms with Crippen LogP contribution in [0.15, 0.2) is 42.6 Å². The molecule has 2 aromatic carbocycles. The Morgan fingerprint density at radius 2 is 2.05 bits per heavy atom. The van der Waals surface area contributed by atoms with Gasteiger partial charge in [0.2, 0.25) is 5.91 Å². The van der Waals surface area contributed by atoms with E-state index in [1.54, 1.807) is 13.0 Å². The number of rotatable bonds is 9. The molecule has 10 nitrogen and oxygen atoms in total. The number of carbonyl (C=O) groups is 2.